The fourth-order valence-corrected chi connectivity index (χ4v) is 1.72. The van der Waals surface area contributed by atoms with Gasteiger partial charge in [-0.3, -0.25) is 4.90 Å². The summed E-state index contributed by atoms with van der Waals surface area (Å²) in [6.07, 6.45) is 5.67. The molecule has 0 fully saturated rings. The average molecular weight is 245 g/mol. The third-order valence-electron chi connectivity index (χ3n) is 2.80. The van der Waals surface area contributed by atoms with Crippen LogP contribution in [0.1, 0.15) is 59.3 Å². The second-order valence-electron chi connectivity index (χ2n) is 5.77. The van der Waals surface area contributed by atoms with Crippen molar-refractivity contribution >= 4 is 6.09 Å². The molecule has 0 aliphatic carbocycles. The number of nitrogens with zero attached hydrogens (tertiary/aromatic N) is 1. The molecule has 2 N–H and O–H groups in total. The summed E-state index contributed by atoms with van der Waals surface area (Å²) in [4.78, 5) is 11.6. The van der Waals surface area contributed by atoms with E-state index in [1.165, 1.54) is 19.3 Å². The number of rotatable bonds is 8. The molecule has 102 valence electrons. The Hall–Kier alpha value is -0.770. The summed E-state index contributed by atoms with van der Waals surface area (Å²) in [6.45, 7) is 6.78. The SMILES string of the molecule is CC(C)(C)CCCCCCCN(CO)C(=O)O. The number of hydrogen-bond donors (Lipinski definition) is 2. The number of carboxylic acid groups (broad SMARTS) is 1. The summed E-state index contributed by atoms with van der Waals surface area (Å²) in [5.41, 5.74) is 0.414. The van der Waals surface area contributed by atoms with Crippen LogP contribution in [0.25, 0.3) is 0 Å². The first-order chi connectivity index (χ1) is 7.87. The van der Waals surface area contributed by atoms with E-state index in [0.717, 1.165) is 24.2 Å². The zero-order valence-electron chi connectivity index (χ0n) is 11.4. The minimum Gasteiger partial charge on any atom is -0.465 e. The summed E-state index contributed by atoms with van der Waals surface area (Å²) >= 11 is 0. The van der Waals surface area contributed by atoms with E-state index in [1.54, 1.807) is 0 Å². The van der Waals surface area contributed by atoms with E-state index >= 15 is 0 Å². The average Bonchev–Trinajstić information content (AvgIpc) is 2.20. The molecule has 0 rings (SSSR count). The van der Waals surface area contributed by atoms with Gasteiger partial charge in [0.05, 0.1) is 0 Å². The molecule has 4 nitrogen and oxygen atoms in total. The van der Waals surface area contributed by atoms with E-state index in [2.05, 4.69) is 20.8 Å². The first-order valence-corrected chi connectivity index (χ1v) is 6.45. The molecule has 0 bridgehead atoms. The Labute approximate surface area is 105 Å². The topological polar surface area (TPSA) is 60.8 Å². The maximum atomic E-state index is 10.6. The molecule has 0 aliphatic heterocycles. The summed E-state index contributed by atoms with van der Waals surface area (Å²) in [7, 11) is 0. The van der Waals surface area contributed by atoms with Gasteiger partial charge in [-0.05, 0) is 18.3 Å². The molecule has 0 saturated carbocycles. The molecule has 0 radical (unpaired) electrons. The van der Waals surface area contributed by atoms with Crippen molar-refractivity contribution < 1.29 is 15.0 Å². The lowest BCUT2D eigenvalue weighted by atomic mass is 9.89. The van der Waals surface area contributed by atoms with Crippen LogP contribution in [0.5, 0.6) is 0 Å². The van der Waals surface area contributed by atoms with Gasteiger partial charge in [0.2, 0.25) is 0 Å². The van der Waals surface area contributed by atoms with Crippen LogP contribution in [-0.2, 0) is 0 Å². The van der Waals surface area contributed by atoms with Gasteiger partial charge in [-0.2, -0.15) is 0 Å². The van der Waals surface area contributed by atoms with Crippen molar-refractivity contribution in [3.8, 4) is 0 Å². The highest BCUT2D eigenvalue weighted by Gasteiger charge is 2.10. The van der Waals surface area contributed by atoms with E-state index in [0.29, 0.717) is 12.0 Å². The Morgan fingerprint density at radius 1 is 1.06 bits per heavy atom. The quantitative estimate of drug-likeness (QED) is 0.509. The minimum atomic E-state index is -1.04. The van der Waals surface area contributed by atoms with Crippen molar-refractivity contribution in [1.82, 2.24) is 4.90 Å². The molecule has 0 aromatic rings. The van der Waals surface area contributed by atoms with Crippen LogP contribution in [0.2, 0.25) is 0 Å². The second-order valence-corrected chi connectivity index (χ2v) is 5.77. The largest absolute Gasteiger partial charge is 0.465 e. The van der Waals surface area contributed by atoms with Gasteiger partial charge in [0.25, 0.3) is 0 Å². The third-order valence-corrected chi connectivity index (χ3v) is 2.80. The molecule has 0 aromatic carbocycles. The Morgan fingerprint density at radius 2 is 1.59 bits per heavy atom. The zero-order valence-corrected chi connectivity index (χ0v) is 11.4. The molecule has 0 atom stereocenters. The predicted octanol–water partition coefficient (Wildman–Crippen LogP) is 3.30. The van der Waals surface area contributed by atoms with Crippen molar-refractivity contribution in [2.75, 3.05) is 13.3 Å². The Balaban J connectivity index is 3.38. The normalized spacial score (nSPS) is 11.5. The molecule has 0 aromatic heterocycles. The van der Waals surface area contributed by atoms with E-state index in [-0.39, 0.29) is 0 Å². The van der Waals surface area contributed by atoms with E-state index in [1.807, 2.05) is 0 Å². The molecule has 0 saturated heterocycles. The molecule has 17 heavy (non-hydrogen) atoms. The molecule has 0 unspecified atom stereocenters. The number of hydrogen-bond acceptors (Lipinski definition) is 2. The predicted molar refractivity (Wildman–Crippen MR) is 69.0 cm³/mol. The first-order valence-electron chi connectivity index (χ1n) is 6.45. The zero-order chi connectivity index (χ0) is 13.3. The smallest absolute Gasteiger partial charge is 0.409 e. The van der Waals surface area contributed by atoms with Gasteiger partial charge in [0.15, 0.2) is 0 Å². The lowest BCUT2D eigenvalue weighted by molar-refractivity contribution is 0.0876. The van der Waals surface area contributed by atoms with Gasteiger partial charge in [0.1, 0.15) is 6.73 Å². The monoisotopic (exact) mass is 245 g/mol. The highest BCUT2D eigenvalue weighted by Crippen LogP contribution is 2.22. The number of aliphatic hydroxyl groups is 1. The molecule has 0 heterocycles. The Bertz CT molecular complexity index is 211. The molecular weight excluding hydrogens is 218 g/mol. The van der Waals surface area contributed by atoms with Crippen molar-refractivity contribution in [3.63, 3.8) is 0 Å². The summed E-state index contributed by atoms with van der Waals surface area (Å²) in [5.74, 6) is 0. The van der Waals surface area contributed by atoms with E-state index in [4.69, 9.17) is 10.2 Å². The summed E-state index contributed by atoms with van der Waals surface area (Å²) in [6, 6.07) is 0. The van der Waals surface area contributed by atoms with Crippen molar-refractivity contribution in [3.05, 3.63) is 0 Å². The Morgan fingerprint density at radius 3 is 2.06 bits per heavy atom. The summed E-state index contributed by atoms with van der Waals surface area (Å²) in [5, 5.41) is 17.4. The highest BCUT2D eigenvalue weighted by molar-refractivity contribution is 5.64. The number of unbranched alkanes of at least 4 members (excludes halogenated alkanes) is 4. The van der Waals surface area contributed by atoms with Gasteiger partial charge in [-0.15, -0.1) is 0 Å². The molecular formula is C13H27NO3. The number of carbonyl (C=O) groups is 1. The van der Waals surface area contributed by atoms with Crippen molar-refractivity contribution in [2.45, 2.75) is 59.3 Å². The lowest BCUT2D eigenvalue weighted by Crippen LogP contribution is -2.31. The second kappa shape index (κ2) is 8.34. The van der Waals surface area contributed by atoms with Gasteiger partial charge in [0, 0.05) is 6.54 Å². The van der Waals surface area contributed by atoms with E-state index in [9.17, 15) is 4.79 Å². The van der Waals surface area contributed by atoms with Crippen LogP contribution in [0.15, 0.2) is 0 Å². The van der Waals surface area contributed by atoms with E-state index < -0.39 is 12.8 Å². The fourth-order valence-electron chi connectivity index (χ4n) is 1.72. The molecule has 1 amide bonds. The minimum absolute atomic E-state index is 0.403. The van der Waals surface area contributed by atoms with Crippen molar-refractivity contribution in [1.29, 1.82) is 0 Å². The fraction of sp³-hybridized carbons (Fsp3) is 0.923. The molecule has 4 heteroatoms. The van der Waals surface area contributed by atoms with Crippen LogP contribution in [0, 0.1) is 5.41 Å². The van der Waals surface area contributed by atoms with Crippen LogP contribution in [-0.4, -0.2) is 34.5 Å². The standard InChI is InChI=1S/C13H27NO3/c1-13(2,3)9-7-5-4-6-8-10-14(11-15)12(16)17/h15H,4-11H2,1-3H3,(H,16,17). The molecule has 0 aliphatic rings. The first kappa shape index (κ1) is 16.2. The van der Waals surface area contributed by atoms with Crippen LogP contribution < -0.4 is 0 Å². The molecule has 0 spiro atoms. The maximum Gasteiger partial charge on any atom is 0.409 e. The number of amides is 1. The highest BCUT2D eigenvalue weighted by atomic mass is 16.4. The lowest BCUT2D eigenvalue weighted by Gasteiger charge is -2.17. The maximum absolute atomic E-state index is 10.6. The third kappa shape index (κ3) is 10.1. The van der Waals surface area contributed by atoms with Crippen LogP contribution in [0.3, 0.4) is 0 Å². The summed E-state index contributed by atoms with van der Waals surface area (Å²) < 4.78 is 0. The Kier molecular flexibility index (Phi) is 7.96. The van der Waals surface area contributed by atoms with Gasteiger partial charge in [-0.1, -0.05) is 46.5 Å². The van der Waals surface area contributed by atoms with Crippen LogP contribution >= 0.6 is 0 Å². The van der Waals surface area contributed by atoms with Gasteiger partial charge in [-0.25, -0.2) is 4.79 Å². The number of aliphatic hydroxyl groups excluding tert-OH is 1. The van der Waals surface area contributed by atoms with Gasteiger partial charge >= 0.3 is 6.09 Å². The van der Waals surface area contributed by atoms with Crippen LogP contribution in [0.4, 0.5) is 4.79 Å². The van der Waals surface area contributed by atoms with Crippen molar-refractivity contribution in [2.24, 2.45) is 5.41 Å². The van der Waals surface area contributed by atoms with Gasteiger partial charge < -0.3 is 10.2 Å².